The number of halogens is 1. The van der Waals surface area contributed by atoms with Crippen molar-refractivity contribution in [2.75, 3.05) is 0 Å². The smallest absolute Gasteiger partial charge is 0.00970 e. The van der Waals surface area contributed by atoms with E-state index < -0.39 is 0 Å². The van der Waals surface area contributed by atoms with Gasteiger partial charge in [0, 0.05) is 5.54 Å². The molecule has 100 valence electrons. The summed E-state index contributed by atoms with van der Waals surface area (Å²) in [5, 5.41) is 0. The van der Waals surface area contributed by atoms with Gasteiger partial charge in [0.05, 0.1) is 0 Å². The molecule has 0 aliphatic rings. The molecule has 0 aliphatic heterocycles. The zero-order valence-electron chi connectivity index (χ0n) is 11.6. The van der Waals surface area contributed by atoms with Gasteiger partial charge in [-0.05, 0) is 20.3 Å². The molecule has 0 radical (unpaired) electrons. The van der Waals surface area contributed by atoms with E-state index in [2.05, 4.69) is 20.8 Å². The van der Waals surface area contributed by atoms with Crippen molar-refractivity contribution in [1.82, 2.24) is 0 Å². The van der Waals surface area contributed by atoms with Gasteiger partial charge in [0.15, 0.2) is 0 Å². The van der Waals surface area contributed by atoms with Crippen molar-refractivity contribution in [2.45, 2.75) is 90.5 Å². The number of unbranched alkanes of at least 4 members (excludes halogenated alkanes) is 8. The highest BCUT2D eigenvalue weighted by atomic mass is 79.9. The summed E-state index contributed by atoms with van der Waals surface area (Å²) in [6.07, 6.45) is 13.8. The molecule has 1 nitrogen and oxygen atoms in total. The van der Waals surface area contributed by atoms with Crippen LogP contribution in [0.3, 0.4) is 0 Å². The third-order valence-electron chi connectivity index (χ3n) is 2.92. The first-order valence-electron chi connectivity index (χ1n) is 6.85. The quantitative estimate of drug-likeness (QED) is 0.549. The maximum atomic E-state index is 5.93. The molecule has 0 amide bonds. The van der Waals surface area contributed by atoms with Gasteiger partial charge in [0.25, 0.3) is 0 Å². The van der Waals surface area contributed by atoms with E-state index in [1.165, 1.54) is 64.2 Å². The third kappa shape index (κ3) is 16.9. The normalized spacial score (nSPS) is 11.2. The van der Waals surface area contributed by atoms with Crippen molar-refractivity contribution in [3.05, 3.63) is 0 Å². The number of nitrogens with two attached hydrogens (primary N) is 1. The van der Waals surface area contributed by atoms with E-state index in [0.29, 0.717) is 0 Å². The second-order valence-corrected chi connectivity index (χ2v) is 5.57. The Morgan fingerprint density at radius 3 is 1.50 bits per heavy atom. The average Bonchev–Trinajstić information content (AvgIpc) is 2.14. The highest BCUT2D eigenvalue weighted by Gasteiger charge is 2.08. The molecule has 16 heavy (non-hydrogen) atoms. The predicted molar refractivity (Wildman–Crippen MR) is 80.4 cm³/mol. The summed E-state index contributed by atoms with van der Waals surface area (Å²) in [5.41, 5.74) is 5.97. The molecule has 2 N–H and O–H groups in total. The van der Waals surface area contributed by atoms with Crippen LogP contribution in [0.4, 0.5) is 0 Å². The Morgan fingerprint density at radius 2 is 1.12 bits per heavy atom. The minimum Gasteiger partial charge on any atom is -0.326 e. The van der Waals surface area contributed by atoms with Gasteiger partial charge in [-0.25, -0.2) is 0 Å². The first-order chi connectivity index (χ1) is 7.06. The molecule has 0 saturated heterocycles. The van der Waals surface area contributed by atoms with Crippen molar-refractivity contribution in [1.29, 1.82) is 0 Å². The van der Waals surface area contributed by atoms with Gasteiger partial charge in [-0.3, -0.25) is 0 Å². The Labute approximate surface area is 113 Å². The summed E-state index contributed by atoms with van der Waals surface area (Å²) in [6.45, 7) is 6.52. The molecule has 0 saturated carbocycles. The standard InChI is InChI=1S/C14H31N.BrH/c1-4-5-6-7-8-9-10-11-12-13-14(2,3)15;/h4-13,15H2,1-3H3;1H. The third-order valence-corrected chi connectivity index (χ3v) is 2.92. The second kappa shape index (κ2) is 11.9. The first kappa shape index (κ1) is 18.8. The molecule has 0 bridgehead atoms. The molecular formula is C14H32BrN. The topological polar surface area (TPSA) is 26.0 Å². The molecule has 0 atom stereocenters. The molecule has 0 rings (SSSR count). The van der Waals surface area contributed by atoms with E-state index in [1.807, 2.05) is 0 Å². The second-order valence-electron chi connectivity index (χ2n) is 5.57. The Morgan fingerprint density at radius 1 is 0.750 bits per heavy atom. The van der Waals surface area contributed by atoms with Gasteiger partial charge in [-0.15, -0.1) is 17.0 Å². The fraction of sp³-hybridized carbons (Fsp3) is 1.00. The van der Waals surface area contributed by atoms with Crippen LogP contribution in [-0.2, 0) is 0 Å². The number of hydrogen-bond donors (Lipinski definition) is 1. The molecule has 0 heterocycles. The molecule has 0 aliphatic carbocycles. The molecule has 0 aromatic heterocycles. The first-order valence-corrected chi connectivity index (χ1v) is 6.85. The highest BCUT2D eigenvalue weighted by Crippen LogP contribution is 2.13. The predicted octanol–water partition coefficient (Wildman–Crippen LogP) is 5.22. The lowest BCUT2D eigenvalue weighted by Crippen LogP contribution is -2.31. The summed E-state index contributed by atoms with van der Waals surface area (Å²) in [5.74, 6) is 0. The van der Waals surface area contributed by atoms with Gasteiger partial charge in [0.1, 0.15) is 0 Å². The zero-order chi connectivity index (χ0) is 11.6. The van der Waals surface area contributed by atoms with Crippen molar-refractivity contribution < 1.29 is 0 Å². The van der Waals surface area contributed by atoms with Crippen LogP contribution in [0.5, 0.6) is 0 Å². The van der Waals surface area contributed by atoms with Crippen LogP contribution in [0.2, 0.25) is 0 Å². The van der Waals surface area contributed by atoms with Gasteiger partial charge in [-0.2, -0.15) is 0 Å². The van der Waals surface area contributed by atoms with Crippen LogP contribution in [-0.4, -0.2) is 5.54 Å². The fourth-order valence-corrected chi connectivity index (χ4v) is 1.89. The average molecular weight is 294 g/mol. The van der Waals surface area contributed by atoms with E-state index in [9.17, 15) is 0 Å². The van der Waals surface area contributed by atoms with Crippen molar-refractivity contribution in [3.63, 3.8) is 0 Å². The molecule has 0 aromatic carbocycles. The maximum Gasteiger partial charge on any atom is 0.00970 e. The minimum atomic E-state index is 0. The van der Waals surface area contributed by atoms with Crippen molar-refractivity contribution in [2.24, 2.45) is 5.73 Å². The monoisotopic (exact) mass is 293 g/mol. The van der Waals surface area contributed by atoms with E-state index in [0.717, 1.165) is 0 Å². The van der Waals surface area contributed by atoms with Gasteiger partial charge in [0.2, 0.25) is 0 Å². The summed E-state index contributed by atoms with van der Waals surface area (Å²) in [7, 11) is 0. The lowest BCUT2D eigenvalue weighted by molar-refractivity contribution is 0.440. The van der Waals surface area contributed by atoms with Crippen molar-refractivity contribution >= 4 is 17.0 Å². The van der Waals surface area contributed by atoms with Crippen LogP contribution < -0.4 is 5.73 Å². The number of rotatable bonds is 10. The zero-order valence-corrected chi connectivity index (χ0v) is 13.3. The summed E-state index contributed by atoms with van der Waals surface area (Å²) < 4.78 is 0. The Balaban J connectivity index is 0. The van der Waals surface area contributed by atoms with Crippen molar-refractivity contribution in [3.8, 4) is 0 Å². The molecular weight excluding hydrogens is 262 g/mol. The summed E-state index contributed by atoms with van der Waals surface area (Å²) in [6, 6.07) is 0. The Hall–Kier alpha value is 0.440. The molecule has 0 spiro atoms. The molecule has 0 unspecified atom stereocenters. The minimum absolute atomic E-state index is 0. The lowest BCUT2D eigenvalue weighted by atomic mass is 9.97. The van der Waals surface area contributed by atoms with E-state index in [1.54, 1.807) is 0 Å². The Bertz CT molecular complexity index is 129. The van der Waals surface area contributed by atoms with E-state index in [-0.39, 0.29) is 22.5 Å². The van der Waals surface area contributed by atoms with Crippen LogP contribution in [0.25, 0.3) is 0 Å². The van der Waals surface area contributed by atoms with Crippen LogP contribution >= 0.6 is 17.0 Å². The largest absolute Gasteiger partial charge is 0.326 e. The van der Waals surface area contributed by atoms with Gasteiger partial charge < -0.3 is 5.73 Å². The number of hydrogen-bond acceptors (Lipinski definition) is 1. The van der Waals surface area contributed by atoms with E-state index >= 15 is 0 Å². The van der Waals surface area contributed by atoms with Gasteiger partial charge >= 0.3 is 0 Å². The van der Waals surface area contributed by atoms with E-state index in [4.69, 9.17) is 5.73 Å². The fourth-order valence-electron chi connectivity index (χ4n) is 1.89. The highest BCUT2D eigenvalue weighted by molar-refractivity contribution is 8.93. The Kier molecular flexibility index (Phi) is 14.0. The molecule has 0 aromatic rings. The van der Waals surface area contributed by atoms with Gasteiger partial charge in [-0.1, -0.05) is 64.7 Å². The summed E-state index contributed by atoms with van der Waals surface area (Å²) >= 11 is 0. The van der Waals surface area contributed by atoms with Crippen LogP contribution in [0.1, 0.15) is 85.0 Å². The SMILES string of the molecule is Br.CCCCCCCCCCCC(C)(C)N. The molecule has 0 fully saturated rings. The summed E-state index contributed by atoms with van der Waals surface area (Å²) in [4.78, 5) is 0. The van der Waals surface area contributed by atoms with Crippen LogP contribution in [0.15, 0.2) is 0 Å². The maximum absolute atomic E-state index is 5.93. The van der Waals surface area contributed by atoms with Crippen LogP contribution in [0, 0.1) is 0 Å². The lowest BCUT2D eigenvalue weighted by Gasteiger charge is -2.17. The molecule has 2 heteroatoms.